The Bertz CT molecular complexity index is 2670. The molecule has 0 bridgehead atoms. The lowest BCUT2D eigenvalue weighted by Crippen LogP contribution is -2.10. The summed E-state index contributed by atoms with van der Waals surface area (Å²) in [5.41, 5.74) is 8.91. The predicted molar refractivity (Wildman–Crippen MR) is 189 cm³/mol. The zero-order valence-corrected chi connectivity index (χ0v) is 25.0. The molecule has 0 atom stereocenters. The Morgan fingerprint density at radius 2 is 1.09 bits per heavy atom. The van der Waals surface area contributed by atoms with Gasteiger partial charge in [0.2, 0.25) is 0 Å². The number of pyridine rings is 1. The van der Waals surface area contributed by atoms with Crippen LogP contribution in [-0.2, 0) is 5.41 Å². The van der Waals surface area contributed by atoms with Gasteiger partial charge in [-0.15, -0.1) is 0 Å². The average molecular weight is 560 g/mol. The van der Waals surface area contributed by atoms with Gasteiger partial charge >= 0.3 is 0 Å². The minimum absolute atomic E-state index is 0.0982. The van der Waals surface area contributed by atoms with E-state index in [-0.39, 0.29) is 5.41 Å². The molecule has 8 aromatic carbocycles. The fraction of sp³-hybridized carbons (Fsp3) is 0.0930. The SMILES string of the molecule is CC(C)(C)c1cc2ccc3ccc(-c4cc5c6cccc7c6c(cc5c5ccccc45)-c4ncccc4-7)c4ccc(c1)c2c34. The van der Waals surface area contributed by atoms with E-state index < -0.39 is 0 Å². The monoisotopic (exact) mass is 559 g/mol. The largest absolute Gasteiger partial charge is 0.256 e. The zero-order chi connectivity index (χ0) is 29.3. The summed E-state index contributed by atoms with van der Waals surface area (Å²) in [5.74, 6) is 0. The van der Waals surface area contributed by atoms with Crippen molar-refractivity contribution in [3.8, 4) is 33.5 Å². The van der Waals surface area contributed by atoms with E-state index in [4.69, 9.17) is 4.98 Å². The Morgan fingerprint density at radius 3 is 1.93 bits per heavy atom. The molecule has 0 radical (unpaired) electrons. The van der Waals surface area contributed by atoms with Crippen LogP contribution in [0.3, 0.4) is 0 Å². The van der Waals surface area contributed by atoms with Crippen LogP contribution in [0.4, 0.5) is 0 Å². The lowest BCUT2D eigenvalue weighted by atomic mass is 9.82. The topological polar surface area (TPSA) is 12.9 Å². The van der Waals surface area contributed by atoms with Crippen LogP contribution in [0.15, 0.2) is 121 Å². The third-order valence-corrected chi connectivity index (χ3v) is 10.1. The van der Waals surface area contributed by atoms with E-state index >= 15 is 0 Å². The molecule has 0 saturated carbocycles. The molecule has 0 saturated heterocycles. The number of benzene rings is 8. The van der Waals surface area contributed by atoms with E-state index in [1.54, 1.807) is 0 Å². The van der Waals surface area contributed by atoms with Crippen molar-refractivity contribution < 1.29 is 0 Å². The number of nitrogens with zero attached hydrogens (tertiary/aromatic N) is 1. The van der Waals surface area contributed by atoms with Gasteiger partial charge in [0, 0.05) is 17.3 Å². The normalized spacial score (nSPS) is 12.9. The van der Waals surface area contributed by atoms with Crippen molar-refractivity contribution >= 4 is 64.6 Å². The van der Waals surface area contributed by atoms with Crippen LogP contribution in [-0.4, -0.2) is 4.98 Å². The van der Waals surface area contributed by atoms with Gasteiger partial charge in [0.25, 0.3) is 0 Å². The molecule has 206 valence electrons. The van der Waals surface area contributed by atoms with Gasteiger partial charge < -0.3 is 0 Å². The molecule has 0 N–H and O–H groups in total. The maximum absolute atomic E-state index is 4.84. The summed E-state index contributed by atoms with van der Waals surface area (Å²) in [6.07, 6.45) is 1.92. The van der Waals surface area contributed by atoms with Crippen LogP contribution < -0.4 is 0 Å². The number of fused-ring (bicyclic) bond motifs is 7. The van der Waals surface area contributed by atoms with Gasteiger partial charge in [-0.25, -0.2) is 0 Å². The highest BCUT2D eigenvalue weighted by Gasteiger charge is 2.25. The molecule has 0 spiro atoms. The molecule has 1 heteroatoms. The van der Waals surface area contributed by atoms with E-state index in [0.29, 0.717) is 0 Å². The summed E-state index contributed by atoms with van der Waals surface area (Å²) in [4.78, 5) is 4.84. The standard InChI is InChI=1S/C43H29N/c1-43(2,3)27-20-25-14-13-24-15-17-30(33-18-16-26(21-27)39(25)40(24)33)35-22-37-32-11-6-10-31-34-12-7-19-44-42(34)38(41(31)32)23-36(37)29-9-5-4-8-28(29)35/h4-23H,1-3H3. The van der Waals surface area contributed by atoms with Crippen molar-refractivity contribution in [1.82, 2.24) is 4.98 Å². The zero-order valence-electron chi connectivity index (χ0n) is 25.0. The van der Waals surface area contributed by atoms with Gasteiger partial charge in [0.1, 0.15) is 0 Å². The summed E-state index contributed by atoms with van der Waals surface area (Å²) < 4.78 is 0. The molecule has 9 aromatic rings. The summed E-state index contributed by atoms with van der Waals surface area (Å²) >= 11 is 0. The maximum Gasteiger partial charge on any atom is 0.0787 e. The second-order valence-corrected chi connectivity index (χ2v) is 13.6. The molecule has 0 amide bonds. The number of hydrogen-bond acceptors (Lipinski definition) is 1. The van der Waals surface area contributed by atoms with E-state index in [0.717, 1.165) is 5.69 Å². The lowest BCUT2D eigenvalue weighted by molar-refractivity contribution is 0.591. The molecule has 1 nitrogen and oxygen atoms in total. The smallest absolute Gasteiger partial charge is 0.0787 e. The van der Waals surface area contributed by atoms with Crippen LogP contribution in [0.2, 0.25) is 0 Å². The van der Waals surface area contributed by atoms with E-state index in [2.05, 4.69) is 136 Å². The van der Waals surface area contributed by atoms with Gasteiger partial charge in [-0.1, -0.05) is 118 Å². The summed E-state index contributed by atoms with van der Waals surface area (Å²) in [7, 11) is 0. The van der Waals surface area contributed by atoms with E-state index in [1.807, 2.05) is 6.20 Å². The molecule has 1 aliphatic carbocycles. The molecular formula is C43H29N. The lowest BCUT2D eigenvalue weighted by Gasteiger charge is -2.22. The number of aromatic nitrogens is 1. The minimum atomic E-state index is 0.0982. The third-order valence-electron chi connectivity index (χ3n) is 10.1. The molecule has 0 unspecified atom stereocenters. The first kappa shape index (κ1) is 24.2. The van der Waals surface area contributed by atoms with Crippen LogP contribution in [0.1, 0.15) is 26.3 Å². The van der Waals surface area contributed by atoms with Crippen molar-refractivity contribution in [3.63, 3.8) is 0 Å². The fourth-order valence-corrected chi connectivity index (χ4v) is 8.02. The summed E-state index contributed by atoms with van der Waals surface area (Å²) in [6, 6.07) is 43.6. The quantitative estimate of drug-likeness (QED) is 0.182. The first-order valence-corrected chi connectivity index (χ1v) is 15.5. The Labute approximate surface area is 255 Å². The molecule has 1 aromatic heterocycles. The minimum Gasteiger partial charge on any atom is -0.256 e. The molecule has 1 aliphatic rings. The van der Waals surface area contributed by atoms with E-state index in [9.17, 15) is 0 Å². The average Bonchev–Trinajstić information content (AvgIpc) is 3.37. The second kappa shape index (κ2) is 8.21. The Hall–Kier alpha value is -5.27. The Kier molecular flexibility index (Phi) is 4.52. The number of hydrogen-bond donors (Lipinski definition) is 0. The molecule has 0 fully saturated rings. The highest BCUT2D eigenvalue weighted by Crippen LogP contribution is 2.51. The van der Waals surface area contributed by atoms with Crippen LogP contribution in [0.5, 0.6) is 0 Å². The van der Waals surface area contributed by atoms with Crippen molar-refractivity contribution in [2.24, 2.45) is 0 Å². The van der Waals surface area contributed by atoms with Crippen LogP contribution in [0.25, 0.3) is 98.1 Å². The molecular weight excluding hydrogens is 530 g/mol. The van der Waals surface area contributed by atoms with Crippen LogP contribution >= 0.6 is 0 Å². The van der Waals surface area contributed by atoms with Crippen molar-refractivity contribution in [1.29, 1.82) is 0 Å². The van der Waals surface area contributed by atoms with Gasteiger partial charge in [-0.3, -0.25) is 4.98 Å². The first-order valence-electron chi connectivity index (χ1n) is 15.5. The summed E-state index contributed by atoms with van der Waals surface area (Å²) in [5, 5.41) is 15.8. The molecule has 10 rings (SSSR count). The van der Waals surface area contributed by atoms with Crippen LogP contribution in [0, 0.1) is 0 Å². The second-order valence-electron chi connectivity index (χ2n) is 13.6. The molecule has 44 heavy (non-hydrogen) atoms. The first-order chi connectivity index (χ1) is 21.5. The third kappa shape index (κ3) is 3.06. The Balaban J connectivity index is 1.33. The summed E-state index contributed by atoms with van der Waals surface area (Å²) in [6.45, 7) is 6.90. The van der Waals surface area contributed by atoms with Gasteiger partial charge in [0.15, 0.2) is 0 Å². The van der Waals surface area contributed by atoms with Crippen molar-refractivity contribution in [2.75, 3.05) is 0 Å². The van der Waals surface area contributed by atoms with Crippen molar-refractivity contribution in [2.45, 2.75) is 26.2 Å². The highest BCUT2D eigenvalue weighted by molar-refractivity contribution is 6.30. The predicted octanol–water partition coefficient (Wildman–Crippen LogP) is 12.1. The maximum atomic E-state index is 4.84. The molecule has 1 heterocycles. The molecule has 0 aliphatic heterocycles. The fourth-order valence-electron chi connectivity index (χ4n) is 8.02. The van der Waals surface area contributed by atoms with E-state index in [1.165, 1.54) is 98.0 Å². The van der Waals surface area contributed by atoms with Gasteiger partial charge in [-0.2, -0.15) is 0 Å². The highest BCUT2D eigenvalue weighted by atomic mass is 14.7. The van der Waals surface area contributed by atoms with Gasteiger partial charge in [0.05, 0.1) is 5.69 Å². The number of rotatable bonds is 1. The Morgan fingerprint density at radius 1 is 0.409 bits per heavy atom. The van der Waals surface area contributed by atoms with Gasteiger partial charge in [-0.05, 0) is 111 Å². The van der Waals surface area contributed by atoms with Crippen molar-refractivity contribution in [3.05, 3.63) is 127 Å².